The van der Waals surface area contributed by atoms with E-state index in [-0.39, 0.29) is 5.82 Å². The zero-order valence-electron chi connectivity index (χ0n) is 13.7. The van der Waals surface area contributed by atoms with Crippen LogP contribution in [0.4, 0.5) is 4.39 Å². The Bertz CT molecular complexity index is 864. The summed E-state index contributed by atoms with van der Waals surface area (Å²) in [5.41, 5.74) is 4.31. The van der Waals surface area contributed by atoms with E-state index in [2.05, 4.69) is 12.1 Å². The molecule has 0 radical (unpaired) electrons. The minimum Gasteiger partial charge on any atom is -0.426 e. The molecule has 0 amide bonds. The van der Waals surface area contributed by atoms with E-state index in [1.807, 2.05) is 31.4 Å². The van der Waals surface area contributed by atoms with Gasteiger partial charge < -0.3 is 4.74 Å². The lowest BCUT2D eigenvalue weighted by atomic mass is 10.0. The third-order valence-electron chi connectivity index (χ3n) is 3.93. The van der Waals surface area contributed by atoms with Crippen molar-refractivity contribution in [2.75, 3.05) is 6.26 Å². The van der Waals surface area contributed by atoms with Crippen molar-refractivity contribution in [1.29, 1.82) is 0 Å². The monoisotopic (exact) mass is 340 g/mol. The fourth-order valence-corrected chi connectivity index (χ4v) is 3.20. The first-order valence-electron chi connectivity index (χ1n) is 7.55. The molecule has 0 bridgehead atoms. The Morgan fingerprint density at radius 3 is 2.46 bits per heavy atom. The predicted molar refractivity (Wildman–Crippen MR) is 96.9 cm³/mol. The zero-order chi connectivity index (χ0) is 17.3. The maximum atomic E-state index is 13.7. The molecule has 0 unspecified atom stereocenters. The number of thioether (sulfide) groups is 1. The summed E-state index contributed by atoms with van der Waals surface area (Å²) in [4.78, 5) is 12.6. The van der Waals surface area contributed by atoms with Crippen LogP contribution in [0.25, 0.3) is 17.4 Å². The van der Waals surface area contributed by atoms with Gasteiger partial charge in [-0.3, -0.25) is 4.79 Å². The lowest BCUT2D eigenvalue weighted by molar-refractivity contribution is -0.134. The average Bonchev–Trinajstić information content (AvgIpc) is 2.80. The number of halogens is 1. The molecular formula is C20H17FO2S. The van der Waals surface area contributed by atoms with Gasteiger partial charge in [-0.15, -0.1) is 11.8 Å². The van der Waals surface area contributed by atoms with Crippen LogP contribution >= 0.6 is 11.8 Å². The van der Waals surface area contributed by atoms with Crippen LogP contribution in [0.5, 0.6) is 0 Å². The van der Waals surface area contributed by atoms with Gasteiger partial charge >= 0.3 is 5.97 Å². The molecule has 24 heavy (non-hydrogen) atoms. The Balaban J connectivity index is 2.11. The van der Waals surface area contributed by atoms with Crippen molar-refractivity contribution in [2.24, 2.45) is 0 Å². The molecule has 0 heterocycles. The summed E-state index contributed by atoms with van der Waals surface area (Å²) in [6.45, 7) is 3.24. The second kappa shape index (κ2) is 6.65. The molecule has 0 saturated heterocycles. The molecule has 4 heteroatoms. The molecule has 3 rings (SSSR count). The van der Waals surface area contributed by atoms with Crippen LogP contribution in [0, 0.1) is 5.82 Å². The molecule has 0 saturated carbocycles. The van der Waals surface area contributed by atoms with Crippen LogP contribution in [0.2, 0.25) is 0 Å². The largest absolute Gasteiger partial charge is 0.426 e. The highest BCUT2D eigenvalue weighted by molar-refractivity contribution is 7.98. The highest BCUT2D eigenvalue weighted by Crippen LogP contribution is 2.43. The van der Waals surface area contributed by atoms with E-state index >= 15 is 0 Å². The van der Waals surface area contributed by atoms with Crippen molar-refractivity contribution in [3.05, 3.63) is 70.5 Å². The number of allylic oxidation sites excluding steroid dienone is 2. The summed E-state index contributed by atoms with van der Waals surface area (Å²) in [5, 5.41) is 0. The summed E-state index contributed by atoms with van der Waals surface area (Å²) in [7, 11) is 0. The van der Waals surface area contributed by atoms with Gasteiger partial charge in [-0.05, 0) is 60.2 Å². The van der Waals surface area contributed by atoms with Crippen LogP contribution in [-0.2, 0) is 9.53 Å². The molecule has 0 spiro atoms. The minimum absolute atomic E-state index is 0.350. The normalized spacial score (nSPS) is 14.9. The van der Waals surface area contributed by atoms with Gasteiger partial charge in [0.25, 0.3) is 0 Å². The lowest BCUT2D eigenvalue weighted by Crippen LogP contribution is -1.98. The highest BCUT2D eigenvalue weighted by atomic mass is 32.2. The molecule has 0 N–H and O–H groups in total. The summed E-state index contributed by atoms with van der Waals surface area (Å²) in [6, 6.07) is 12.8. The number of benzene rings is 2. The Hall–Kier alpha value is -2.33. The Morgan fingerprint density at radius 1 is 1.12 bits per heavy atom. The molecule has 0 atom stereocenters. The van der Waals surface area contributed by atoms with Crippen LogP contribution in [0.3, 0.4) is 0 Å². The molecule has 0 aliphatic heterocycles. The molecule has 2 aromatic carbocycles. The topological polar surface area (TPSA) is 26.3 Å². The van der Waals surface area contributed by atoms with Crippen molar-refractivity contribution >= 4 is 35.1 Å². The number of hydrogen-bond donors (Lipinski definition) is 0. The Labute approximate surface area is 145 Å². The highest BCUT2D eigenvalue weighted by Gasteiger charge is 2.26. The summed E-state index contributed by atoms with van der Waals surface area (Å²) in [5.74, 6) is -0.328. The van der Waals surface area contributed by atoms with Gasteiger partial charge in [0.1, 0.15) is 11.6 Å². The van der Waals surface area contributed by atoms with E-state index in [9.17, 15) is 9.18 Å². The molecule has 0 aromatic heterocycles. The van der Waals surface area contributed by atoms with Crippen LogP contribution in [-0.4, -0.2) is 12.2 Å². The fraction of sp³-hybridized carbons (Fsp3) is 0.150. The molecule has 0 fully saturated rings. The van der Waals surface area contributed by atoms with Gasteiger partial charge in [-0.1, -0.05) is 18.2 Å². The van der Waals surface area contributed by atoms with Gasteiger partial charge in [-0.2, -0.15) is 0 Å². The number of carbonyl (C=O) groups excluding carboxylic acids is 1. The second-order valence-corrected chi connectivity index (χ2v) is 6.45. The van der Waals surface area contributed by atoms with E-state index in [4.69, 9.17) is 4.74 Å². The van der Waals surface area contributed by atoms with E-state index in [0.717, 1.165) is 22.3 Å². The molecule has 2 aromatic rings. The van der Waals surface area contributed by atoms with Crippen molar-refractivity contribution in [2.45, 2.75) is 18.7 Å². The quantitative estimate of drug-likeness (QED) is 0.553. The SMILES string of the molecule is CSc1ccc(/C=C2\C(C)=C(OC(C)=O)c3cc(F)ccc32)cc1. The van der Waals surface area contributed by atoms with Gasteiger partial charge in [0, 0.05) is 23.0 Å². The fourth-order valence-electron chi connectivity index (χ4n) is 2.79. The molecule has 2 nitrogen and oxygen atoms in total. The Morgan fingerprint density at radius 2 is 1.83 bits per heavy atom. The molecule has 122 valence electrons. The van der Waals surface area contributed by atoms with Gasteiger partial charge in [0.2, 0.25) is 0 Å². The summed E-state index contributed by atoms with van der Waals surface area (Å²) >= 11 is 1.69. The summed E-state index contributed by atoms with van der Waals surface area (Å²) in [6.07, 6.45) is 4.07. The van der Waals surface area contributed by atoms with Crippen molar-refractivity contribution in [1.82, 2.24) is 0 Å². The van der Waals surface area contributed by atoms with E-state index in [1.54, 1.807) is 17.8 Å². The molecule has 1 aliphatic rings. The van der Waals surface area contributed by atoms with Gasteiger partial charge in [0.15, 0.2) is 0 Å². The molecule has 1 aliphatic carbocycles. The number of ether oxygens (including phenoxy) is 1. The minimum atomic E-state index is -0.412. The van der Waals surface area contributed by atoms with Crippen molar-refractivity contribution in [3.8, 4) is 0 Å². The first-order chi connectivity index (χ1) is 11.5. The first kappa shape index (κ1) is 16.5. The summed E-state index contributed by atoms with van der Waals surface area (Å²) < 4.78 is 19.0. The van der Waals surface area contributed by atoms with Crippen molar-refractivity contribution < 1.29 is 13.9 Å². The number of rotatable bonds is 3. The Kier molecular flexibility index (Phi) is 4.58. The smallest absolute Gasteiger partial charge is 0.308 e. The third-order valence-corrected chi connectivity index (χ3v) is 4.68. The number of carbonyl (C=O) groups is 1. The third kappa shape index (κ3) is 3.15. The van der Waals surface area contributed by atoms with Crippen LogP contribution in [0.15, 0.2) is 52.9 Å². The second-order valence-electron chi connectivity index (χ2n) is 5.57. The predicted octanol–water partition coefficient (Wildman–Crippen LogP) is 5.40. The van der Waals surface area contributed by atoms with Crippen LogP contribution in [0.1, 0.15) is 30.5 Å². The lowest BCUT2D eigenvalue weighted by Gasteiger charge is -2.05. The van der Waals surface area contributed by atoms with Gasteiger partial charge in [-0.25, -0.2) is 4.39 Å². The first-order valence-corrected chi connectivity index (χ1v) is 8.78. The van der Waals surface area contributed by atoms with Crippen molar-refractivity contribution in [3.63, 3.8) is 0 Å². The average molecular weight is 340 g/mol. The maximum Gasteiger partial charge on any atom is 0.308 e. The maximum absolute atomic E-state index is 13.7. The number of esters is 1. The van der Waals surface area contributed by atoms with Crippen LogP contribution < -0.4 is 0 Å². The zero-order valence-corrected chi connectivity index (χ0v) is 14.5. The number of fused-ring (bicyclic) bond motifs is 1. The standard InChI is InChI=1S/C20H17FO2S/c1-12-18(10-14-4-7-16(24-3)8-5-14)17-9-6-15(21)11-19(17)20(12)23-13(2)22/h4-11H,1-3H3/b18-10+. The molecular weight excluding hydrogens is 323 g/mol. The van der Waals surface area contributed by atoms with E-state index < -0.39 is 5.97 Å². The number of hydrogen-bond acceptors (Lipinski definition) is 3. The van der Waals surface area contributed by atoms with Gasteiger partial charge in [0.05, 0.1) is 0 Å². The van der Waals surface area contributed by atoms with E-state index in [1.165, 1.54) is 24.0 Å². The van der Waals surface area contributed by atoms with E-state index in [0.29, 0.717) is 11.3 Å².